The summed E-state index contributed by atoms with van der Waals surface area (Å²) in [5.74, 6) is -1.62. The number of aliphatic imine (C=N–C) groups is 1. The highest BCUT2D eigenvalue weighted by molar-refractivity contribution is 6.32. The first kappa shape index (κ1) is 36.0. The number of aromatic nitrogens is 2. The summed E-state index contributed by atoms with van der Waals surface area (Å²) in [5, 5.41) is 4.35. The molecular weight excluding hydrogens is 715 g/mol. The fraction of sp³-hybridized carbons (Fsp3) is 0.200. The zero-order chi connectivity index (χ0) is 37.9. The molecule has 2 aliphatic rings. The van der Waals surface area contributed by atoms with E-state index in [0.717, 1.165) is 17.2 Å². The van der Waals surface area contributed by atoms with Gasteiger partial charge in [-0.05, 0) is 66.1 Å². The van der Waals surface area contributed by atoms with Gasteiger partial charge in [0, 0.05) is 43.2 Å². The van der Waals surface area contributed by atoms with Gasteiger partial charge in [-0.3, -0.25) is 24.3 Å². The van der Waals surface area contributed by atoms with Gasteiger partial charge in [-0.15, -0.1) is 0 Å². The van der Waals surface area contributed by atoms with Crippen molar-refractivity contribution in [1.82, 2.24) is 19.6 Å². The summed E-state index contributed by atoms with van der Waals surface area (Å²) in [4.78, 5) is 59.1. The van der Waals surface area contributed by atoms with Crippen LogP contribution in [0.15, 0.2) is 102 Å². The number of carbonyl (C=O) groups is 4. The standard InChI is InChI=1S/C40H34ClFN6O6/c1-53-40(52)36-19-28(23-47(36)37(49)25-20-45-48(22-25)35-14-13-26(42)18-33(35)41)54-27-8-4-7-24(17-27)29-11-5-12-34(43)32(29)21-44-15-6-16-46-38(50)30-9-2-3-10-31(30)39(46)51/h2-5,7-14,17-18,20-22,28,36H,6,15-16,19,23,43H2,1H3/t28-,36-/m0/s1. The zero-order valence-electron chi connectivity index (χ0n) is 29.0. The third kappa shape index (κ3) is 7.18. The predicted octanol–water partition coefficient (Wildman–Crippen LogP) is 5.85. The SMILES string of the molecule is COC(=O)[C@@H]1C[C@H](Oc2cccc(-c3cccc(N)c3C=NCCCN3C(=O)c4ccccc4C3=O)c2)CN1C(=O)c1cnn(-c2ccc(F)cc2Cl)c1. The molecule has 0 radical (unpaired) electrons. The molecule has 0 aliphatic carbocycles. The number of likely N-dealkylation sites (tertiary alicyclic amines) is 1. The molecule has 274 valence electrons. The average molecular weight is 749 g/mol. The topological polar surface area (TPSA) is 149 Å². The van der Waals surface area contributed by atoms with Crippen molar-refractivity contribution >= 4 is 47.2 Å². The third-order valence-electron chi connectivity index (χ3n) is 9.34. The summed E-state index contributed by atoms with van der Waals surface area (Å²) >= 11 is 6.19. The van der Waals surface area contributed by atoms with E-state index < -0.39 is 29.8 Å². The Balaban J connectivity index is 1.02. The second-order valence-electron chi connectivity index (χ2n) is 12.8. The second-order valence-corrected chi connectivity index (χ2v) is 13.2. The lowest BCUT2D eigenvalue weighted by molar-refractivity contribution is -0.145. The second kappa shape index (κ2) is 15.3. The van der Waals surface area contributed by atoms with Crippen molar-refractivity contribution in [2.75, 3.05) is 32.5 Å². The molecule has 0 spiro atoms. The maximum atomic E-state index is 13.7. The van der Waals surface area contributed by atoms with Crippen LogP contribution in [0, 0.1) is 5.82 Å². The van der Waals surface area contributed by atoms with Crippen LogP contribution in [0.3, 0.4) is 0 Å². The van der Waals surface area contributed by atoms with Crippen LogP contribution in [0.4, 0.5) is 10.1 Å². The van der Waals surface area contributed by atoms with Gasteiger partial charge >= 0.3 is 5.97 Å². The Hall–Kier alpha value is -6.34. The van der Waals surface area contributed by atoms with Crippen LogP contribution in [-0.2, 0) is 9.53 Å². The Labute approximate surface area is 314 Å². The molecule has 0 saturated carbocycles. The smallest absolute Gasteiger partial charge is 0.328 e. The van der Waals surface area contributed by atoms with Gasteiger partial charge in [-0.1, -0.05) is 48.0 Å². The van der Waals surface area contributed by atoms with Gasteiger partial charge in [-0.2, -0.15) is 5.10 Å². The van der Waals surface area contributed by atoms with E-state index >= 15 is 0 Å². The number of benzene rings is 4. The highest BCUT2D eigenvalue weighted by Crippen LogP contribution is 2.32. The Morgan fingerprint density at radius 2 is 1.74 bits per heavy atom. The lowest BCUT2D eigenvalue weighted by Gasteiger charge is -2.21. The summed E-state index contributed by atoms with van der Waals surface area (Å²) in [6.45, 7) is 0.710. The van der Waals surface area contributed by atoms with E-state index in [1.54, 1.807) is 42.6 Å². The van der Waals surface area contributed by atoms with Crippen molar-refractivity contribution in [2.24, 2.45) is 4.99 Å². The zero-order valence-corrected chi connectivity index (χ0v) is 29.8. The number of nitrogens with two attached hydrogens (primary N) is 1. The van der Waals surface area contributed by atoms with Crippen LogP contribution in [0.1, 0.15) is 49.5 Å². The van der Waals surface area contributed by atoms with E-state index in [9.17, 15) is 23.6 Å². The fourth-order valence-corrected chi connectivity index (χ4v) is 6.94. The molecule has 3 heterocycles. The van der Waals surface area contributed by atoms with Crippen molar-refractivity contribution in [1.29, 1.82) is 0 Å². The Bertz CT molecular complexity index is 2280. The van der Waals surface area contributed by atoms with Crippen molar-refractivity contribution in [3.8, 4) is 22.6 Å². The quantitative estimate of drug-likeness (QED) is 0.0581. The van der Waals surface area contributed by atoms with Crippen LogP contribution in [0.2, 0.25) is 5.02 Å². The Morgan fingerprint density at radius 3 is 2.48 bits per heavy atom. The van der Waals surface area contributed by atoms with Crippen molar-refractivity contribution in [2.45, 2.75) is 25.0 Å². The number of fused-ring (bicyclic) bond motifs is 1. The number of methoxy groups -OCH3 is 1. The molecule has 0 unspecified atom stereocenters. The number of imide groups is 1. The molecule has 5 aromatic rings. The summed E-state index contributed by atoms with van der Waals surface area (Å²) in [7, 11) is 1.26. The number of anilines is 1. The first-order valence-electron chi connectivity index (χ1n) is 17.1. The molecule has 2 aliphatic heterocycles. The Kier molecular flexibility index (Phi) is 10.2. The monoisotopic (exact) mass is 748 g/mol. The van der Waals surface area contributed by atoms with E-state index in [2.05, 4.69) is 10.1 Å². The number of rotatable bonds is 11. The molecule has 2 N–H and O–H groups in total. The summed E-state index contributed by atoms with van der Waals surface area (Å²) in [5.41, 5.74) is 10.6. The lowest BCUT2D eigenvalue weighted by Crippen LogP contribution is -2.41. The first-order chi connectivity index (χ1) is 26.1. The third-order valence-corrected chi connectivity index (χ3v) is 9.64. The molecule has 4 aromatic carbocycles. The maximum Gasteiger partial charge on any atom is 0.328 e. The fourth-order valence-electron chi connectivity index (χ4n) is 6.69. The minimum Gasteiger partial charge on any atom is -0.488 e. The van der Waals surface area contributed by atoms with Crippen molar-refractivity contribution in [3.05, 3.63) is 130 Å². The number of amides is 3. The van der Waals surface area contributed by atoms with E-state index in [4.69, 9.17) is 26.8 Å². The maximum absolute atomic E-state index is 13.7. The summed E-state index contributed by atoms with van der Waals surface area (Å²) in [6, 6.07) is 22.6. The molecule has 54 heavy (non-hydrogen) atoms. The van der Waals surface area contributed by atoms with E-state index in [-0.39, 0.29) is 41.9 Å². The van der Waals surface area contributed by atoms with Gasteiger partial charge in [0.05, 0.1) is 47.3 Å². The van der Waals surface area contributed by atoms with Gasteiger partial charge in [0.15, 0.2) is 0 Å². The molecule has 0 bridgehead atoms. The average Bonchev–Trinajstić information content (AvgIpc) is 3.89. The van der Waals surface area contributed by atoms with Gasteiger partial charge in [-0.25, -0.2) is 13.9 Å². The number of nitrogen functional groups attached to an aromatic ring is 1. The van der Waals surface area contributed by atoms with E-state index in [0.29, 0.717) is 46.8 Å². The van der Waals surface area contributed by atoms with E-state index in [1.807, 2.05) is 30.3 Å². The largest absolute Gasteiger partial charge is 0.488 e. The van der Waals surface area contributed by atoms with Crippen LogP contribution in [0.25, 0.3) is 16.8 Å². The molecule has 3 amide bonds. The van der Waals surface area contributed by atoms with Crippen LogP contribution >= 0.6 is 11.6 Å². The number of hydrogen-bond acceptors (Lipinski definition) is 9. The molecule has 7 rings (SSSR count). The highest BCUT2D eigenvalue weighted by atomic mass is 35.5. The normalized spacial score (nSPS) is 16.6. The first-order valence-corrected chi connectivity index (χ1v) is 17.5. The Morgan fingerprint density at radius 1 is 1.00 bits per heavy atom. The van der Waals surface area contributed by atoms with E-state index in [1.165, 1.54) is 46.1 Å². The van der Waals surface area contributed by atoms with Gasteiger partial charge in [0.25, 0.3) is 17.7 Å². The number of halogens is 2. The van der Waals surface area contributed by atoms with Crippen molar-refractivity contribution in [3.63, 3.8) is 0 Å². The number of hydrogen-bond donors (Lipinski definition) is 1. The number of carbonyl (C=O) groups excluding carboxylic acids is 4. The number of nitrogens with zero attached hydrogens (tertiary/aromatic N) is 5. The van der Waals surface area contributed by atoms with Gasteiger partial charge in [0.2, 0.25) is 0 Å². The number of ether oxygens (including phenoxy) is 2. The molecule has 2 atom stereocenters. The minimum absolute atomic E-state index is 0.0994. The van der Waals surface area contributed by atoms with Crippen LogP contribution in [0.5, 0.6) is 5.75 Å². The lowest BCUT2D eigenvalue weighted by atomic mass is 9.98. The highest BCUT2D eigenvalue weighted by Gasteiger charge is 2.42. The molecular formula is C40H34ClFN6O6. The molecule has 12 nitrogen and oxygen atoms in total. The molecule has 1 aromatic heterocycles. The molecule has 1 saturated heterocycles. The number of esters is 1. The van der Waals surface area contributed by atoms with Crippen LogP contribution < -0.4 is 10.5 Å². The summed E-state index contributed by atoms with van der Waals surface area (Å²) in [6.07, 6.45) is 4.64. The minimum atomic E-state index is -0.901. The summed E-state index contributed by atoms with van der Waals surface area (Å²) < 4.78 is 26.3. The molecule has 14 heteroatoms. The molecule has 1 fully saturated rings. The predicted molar refractivity (Wildman–Crippen MR) is 200 cm³/mol. The van der Waals surface area contributed by atoms with Crippen LogP contribution in [-0.4, -0.2) is 88.4 Å². The van der Waals surface area contributed by atoms with Crippen molar-refractivity contribution < 1.29 is 33.0 Å². The van der Waals surface area contributed by atoms with Gasteiger partial charge < -0.3 is 20.1 Å². The van der Waals surface area contributed by atoms with Gasteiger partial charge in [0.1, 0.15) is 23.7 Å².